The summed E-state index contributed by atoms with van der Waals surface area (Å²) in [5.41, 5.74) is 0.592. The second kappa shape index (κ2) is 7.39. The number of amides is 1. The SMILES string of the molecule is COC(=O)c1ccc2c(c1CBr)OC1(CN(C(=O)OC(C)(C)C)C1)CC21OCCO1. The second-order valence-electron chi connectivity index (χ2n) is 8.84. The Labute approximate surface area is 183 Å². The second-order valence-corrected chi connectivity index (χ2v) is 9.40. The van der Waals surface area contributed by atoms with Crippen molar-refractivity contribution in [1.29, 1.82) is 0 Å². The Balaban J connectivity index is 1.68. The van der Waals surface area contributed by atoms with Crippen molar-refractivity contribution in [2.45, 2.75) is 49.5 Å². The summed E-state index contributed by atoms with van der Waals surface area (Å²) in [6.45, 7) is 7.13. The van der Waals surface area contributed by atoms with Crippen LogP contribution in [0.25, 0.3) is 0 Å². The van der Waals surface area contributed by atoms with Crippen molar-refractivity contribution in [2.24, 2.45) is 0 Å². The van der Waals surface area contributed by atoms with Crippen molar-refractivity contribution in [1.82, 2.24) is 4.90 Å². The highest BCUT2D eigenvalue weighted by molar-refractivity contribution is 9.08. The average Bonchev–Trinajstić information content (AvgIpc) is 3.11. The third-order valence-electron chi connectivity index (χ3n) is 5.45. The van der Waals surface area contributed by atoms with Crippen molar-refractivity contribution < 1.29 is 33.3 Å². The fraction of sp³-hybridized carbons (Fsp3) is 0.619. The molecule has 9 heteroatoms. The molecule has 1 amide bonds. The van der Waals surface area contributed by atoms with E-state index < -0.39 is 23.0 Å². The van der Waals surface area contributed by atoms with E-state index in [-0.39, 0.29) is 6.09 Å². The molecule has 0 aliphatic carbocycles. The minimum absolute atomic E-state index is 0.347. The molecule has 0 N–H and O–H groups in total. The molecule has 1 aromatic rings. The number of alkyl halides is 1. The van der Waals surface area contributed by atoms with Crippen molar-refractivity contribution in [2.75, 3.05) is 33.4 Å². The number of benzene rings is 1. The maximum Gasteiger partial charge on any atom is 0.410 e. The van der Waals surface area contributed by atoms with E-state index in [2.05, 4.69) is 15.9 Å². The first-order valence-corrected chi connectivity index (χ1v) is 11.0. The lowest BCUT2D eigenvalue weighted by Gasteiger charge is -2.55. The summed E-state index contributed by atoms with van der Waals surface area (Å²) >= 11 is 3.47. The number of esters is 1. The topological polar surface area (TPSA) is 83.5 Å². The maximum absolute atomic E-state index is 12.4. The molecule has 2 saturated heterocycles. The van der Waals surface area contributed by atoms with E-state index in [1.165, 1.54) is 7.11 Å². The normalized spacial score (nSPS) is 21.0. The number of rotatable bonds is 2. The van der Waals surface area contributed by atoms with E-state index in [9.17, 15) is 9.59 Å². The van der Waals surface area contributed by atoms with Gasteiger partial charge in [0.1, 0.15) is 17.0 Å². The highest BCUT2D eigenvalue weighted by Gasteiger charge is 2.60. The first-order valence-electron chi connectivity index (χ1n) is 9.87. The molecule has 8 nitrogen and oxygen atoms in total. The highest BCUT2D eigenvalue weighted by atomic mass is 79.9. The lowest BCUT2D eigenvalue weighted by molar-refractivity contribution is -0.233. The Bertz CT molecular complexity index is 867. The van der Waals surface area contributed by atoms with Crippen LogP contribution in [0.5, 0.6) is 5.75 Å². The third-order valence-corrected chi connectivity index (χ3v) is 6.01. The van der Waals surface area contributed by atoms with Crippen LogP contribution in [0.3, 0.4) is 0 Å². The molecule has 2 fully saturated rings. The van der Waals surface area contributed by atoms with Crippen molar-refractivity contribution in [3.05, 3.63) is 28.8 Å². The van der Waals surface area contributed by atoms with E-state index in [1.54, 1.807) is 17.0 Å². The van der Waals surface area contributed by atoms with Gasteiger partial charge in [-0.15, -0.1) is 0 Å². The molecule has 3 heterocycles. The first kappa shape index (κ1) is 21.4. The summed E-state index contributed by atoms with van der Waals surface area (Å²) in [4.78, 5) is 26.3. The molecule has 0 radical (unpaired) electrons. The summed E-state index contributed by atoms with van der Waals surface area (Å²) < 4.78 is 29.0. The monoisotopic (exact) mass is 483 g/mol. The molecule has 1 aromatic carbocycles. The highest BCUT2D eigenvalue weighted by Crippen LogP contribution is 2.53. The molecule has 3 aliphatic rings. The van der Waals surface area contributed by atoms with Gasteiger partial charge in [-0.2, -0.15) is 0 Å². The van der Waals surface area contributed by atoms with Gasteiger partial charge in [-0.05, 0) is 32.9 Å². The van der Waals surface area contributed by atoms with Gasteiger partial charge in [-0.25, -0.2) is 9.59 Å². The first-order chi connectivity index (χ1) is 14.1. The lowest BCUT2D eigenvalue weighted by atomic mass is 9.80. The Hall–Kier alpha value is -1.84. The van der Waals surface area contributed by atoms with E-state index in [1.807, 2.05) is 20.8 Å². The molecule has 30 heavy (non-hydrogen) atoms. The van der Waals surface area contributed by atoms with Crippen LogP contribution in [0.1, 0.15) is 48.7 Å². The van der Waals surface area contributed by atoms with Crippen LogP contribution in [-0.2, 0) is 30.1 Å². The molecule has 164 valence electrons. The Kier molecular flexibility index (Phi) is 5.27. The molecular weight excluding hydrogens is 458 g/mol. The Morgan fingerprint density at radius 1 is 1.20 bits per heavy atom. The minimum Gasteiger partial charge on any atom is -0.482 e. The zero-order valence-electron chi connectivity index (χ0n) is 17.6. The third kappa shape index (κ3) is 3.56. The molecule has 0 unspecified atom stereocenters. The number of nitrogens with zero attached hydrogens (tertiary/aromatic N) is 1. The van der Waals surface area contributed by atoms with E-state index in [0.29, 0.717) is 54.9 Å². The smallest absolute Gasteiger partial charge is 0.410 e. The van der Waals surface area contributed by atoms with Crippen molar-refractivity contribution in [3.63, 3.8) is 0 Å². The fourth-order valence-electron chi connectivity index (χ4n) is 4.24. The van der Waals surface area contributed by atoms with Gasteiger partial charge >= 0.3 is 12.1 Å². The average molecular weight is 484 g/mol. The summed E-state index contributed by atoms with van der Waals surface area (Å²) in [5.74, 6) is -0.854. The minimum atomic E-state index is -0.959. The quantitative estimate of drug-likeness (QED) is 0.471. The van der Waals surface area contributed by atoms with E-state index in [4.69, 9.17) is 23.7 Å². The molecule has 0 bridgehead atoms. The van der Waals surface area contributed by atoms with Crippen LogP contribution < -0.4 is 4.74 Å². The fourth-order valence-corrected chi connectivity index (χ4v) is 4.80. The molecular formula is C21H26BrNO7. The van der Waals surface area contributed by atoms with Crippen molar-refractivity contribution in [3.8, 4) is 5.75 Å². The Morgan fingerprint density at radius 2 is 1.87 bits per heavy atom. The summed E-state index contributed by atoms with van der Waals surface area (Å²) in [7, 11) is 1.34. The molecule has 0 saturated carbocycles. The standard InChI is InChI=1S/C21H26BrNO7/c1-19(2,3)30-18(25)23-11-20(12-23)10-21(27-7-8-28-21)15-6-5-13(17(24)26-4)14(9-22)16(15)29-20/h5-6H,7-12H2,1-4H3. The largest absolute Gasteiger partial charge is 0.482 e. The van der Waals surface area contributed by atoms with Crippen LogP contribution in [0.4, 0.5) is 4.79 Å². The molecule has 2 spiro atoms. The molecule has 3 aliphatic heterocycles. The van der Waals surface area contributed by atoms with Crippen LogP contribution in [0.2, 0.25) is 0 Å². The van der Waals surface area contributed by atoms with Gasteiger partial charge in [0.15, 0.2) is 0 Å². The van der Waals surface area contributed by atoms with Gasteiger partial charge in [-0.1, -0.05) is 15.9 Å². The van der Waals surface area contributed by atoms with Gasteiger partial charge < -0.3 is 28.6 Å². The van der Waals surface area contributed by atoms with Gasteiger partial charge in [0, 0.05) is 17.3 Å². The van der Waals surface area contributed by atoms with E-state index in [0.717, 1.165) is 5.56 Å². The number of carbonyl (C=O) groups is 2. The van der Waals surface area contributed by atoms with Crippen LogP contribution in [0.15, 0.2) is 12.1 Å². The lowest BCUT2D eigenvalue weighted by Crippen LogP contribution is -2.70. The number of hydrogen-bond donors (Lipinski definition) is 0. The predicted molar refractivity (Wildman–Crippen MR) is 110 cm³/mol. The van der Waals surface area contributed by atoms with Gasteiger partial charge in [0.25, 0.3) is 0 Å². The number of halogens is 1. The number of methoxy groups -OCH3 is 1. The summed E-state index contributed by atoms with van der Waals surface area (Å²) in [5, 5.41) is 0.391. The van der Waals surface area contributed by atoms with E-state index >= 15 is 0 Å². The zero-order chi connectivity index (χ0) is 21.7. The van der Waals surface area contributed by atoms with Crippen LogP contribution in [-0.4, -0.2) is 61.6 Å². The van der Waals surface area contributed by atoms with Crippen LogP contribution >= 0.6 is 15.9 Å². The van der Waals surface area contributed by atoms with Crippen LogP contribution in [0, 0.1) is 0 Å². The molecule has 0 aromatic heterocycles. The maximum atomic E-state index is 12.4. The summed E-state index contributed by atoms with van der Waals surface area (Å²) in [6.07, 6.45) is 0.0693. The number of carbonyl (C=O) groups excluding carboxylic acids is 2. The molecule has 0 atom stereocenters. The number of fused-ring (bicyclic) bond motifs is 2. The molecule has 4 rings (SSSR count). The Morgan fingerprint density at radius 3 is 2.43 bits per heavy atom. The number of likely N-dealkylation sites (tertiary alicyclic amines) is 1. The summed E-state index contributed by atoms with van der Waals surface area (Å²) in [6, 6.07) is 3.51. The number of ether oxygens (including phenoxy) is 5. The predicted octanol–water partition coefficient (Wildman–Crippen LogP) is 3.34. The number of hydrogen-bond acceptors (Lipinski definition) is 7. The van der Waals surface area contributed by atoms with Gasteiger partial charge in [0.05, 0.1) is 44.5 Å². The zero-order valence-corrected chi connectivity index (χ0v) is 19.2. The van der Waals surface area contributed by atoms with Gasteiger partial charge in [0.2, 0.25) is 5.79 Å². The van der Waals surface area contributed by atoms with Gasteiger partial charge in [-0.3, -0.25) is 0 Å². The van der Waals surface area contributed by atoms with Crippen molar-refractivity contribution >= 4 is 28.0 Å².